The van der Waals surface area contributed by atoms with E-state index in [1.165, 1.54) is 12.8 Å². The van der Waals surface area contributed by atoms with Crippen LogP contribution in [0.1, 0.15) is 68.2 Å². The lowest BCUT2D eigenvalue weighted by Gasteiger charge is -2.24. The summed E-state index contributed by atoms with van der Waals surface area (Å²) in [5, 5.41) is 0. The number of carbonyl (C=O) groups excluding carboxylic acids is 2. The zero-order valence-electron chi connectivity index (χ0n) is 15.1. The van der Waals surface area contributed by atoms with E-state index >= 15 is 0 Å². The Kier molecular flexibility index (Phi) is 6.79. The van der Waals surface area contributed by atoms with Crippen molar-refractivity contribution in [1.29, 1.82) is 0 Å². The molecule has 2 N–H and O–H groups in total. The number of amides is 2. The summed E-state index contributed by atoms with van der Waals surface area (Å²) >= 11 is 0. The highest BCUT2D eigenvalue weighted by Gasteiger charge is 2.24. The molecule has 0 aliphatic carbocycles. The van der Waals surface area contributed by atoms with E-state index in [-0.39, 0.29) is 5.91 Å². The van der Waals surface area contributed by atoms with Crippen molar-refractivity contribution < 1.29 is 9.59 Å². The van der Waals surface area contributed by atoms with Crippen LogP contribution >= 0.6 is 0 Å². The molecule has 23 heavy (non-hydrogen) atoms. The van der Waals surface area contributed by atoms with Crippen molar-refractivity contribution in [2.24, 2.45) is 17.1 Å². The zero-order valence-corrected chi connectivity index (χ0v) is 15.1. The molecule has 4 heteroatoms. The molecule has 1 heterocycles. The SMILES string of the molecule is CCC(C)(C)CC(C)C.NC(=O)c1ccc(C(=O)N2CC2)cc1. The van der Waals surface area contributed by atoms with E-state index in [0.29, 0.717) is 16.5 Å². The molecule has 2 rings (SSSR count). The first kappa shape index (κ1) is 19.2. The average molecular weight is 318 g/mol. The van der Waals surface area contributed by atoms with Gasteiger partial charge in [0.25, 0.3) is 5.91 Å². The molecule has 0 atom stereocenters. The first-order chi connectivity index (χ1) is 10.7. The van der Waals surface area contributed by atoms with E-state index in [9.17, 15) is 9.59 Å². The third kappa shape index (κ3) is 6.85. The lowest BCUT2D eigenvalue weighted by molar-refractivity contribution is 0.0884. The van der Waals surface area contributed by atoms with Crippen LogP contribution in [0.3, 0.4) is 0 Å². The van der Waals surface area contributed by atoms with E-state index in [2.05, 4.69) is 34.6 Å². The van der Waals surface area contributed by atoms with Crippen molar-refractivity contribution in [1.82, 2.24) is 4.90 Å². The number of nitrogens with zero attached hydrogens (tertiary/aromatic N) is 1. The Balaban J connectivity index is 0.000000257. The Labute approximate surface area is 140 Å². The predicted octanol–water partition coefficient (Wildman–Crippen LogP) is 3.71. The standard InChI is InChI=1S/C10H10N2O2.C9H20/c11-9(13)7-1-3-8(4-2-7)10(14)12-5-6-12;1-6-9(4,5)7-8(2)3/h1-4H,5-6H2,(H2,11,13);8H,6-7H2,1-5H3. The molecule has 2 amide bonds. The Hall–Kier alpha value is -1.84. The van der Waals surface area contributed by atoms with Crippen molar-refractivity contribution in [2.75, 3.05) is 13.1 Å². The fourth-order valence-corrected chi connectivity index (χ4v) is 2.46. The minimum absolute atomic E-state index is 0.0148. The molecule has 0 bridgehead atoms. The summed E-state index contributed by atoms with van der Waals surface area (Å²) in [4.78, 5) is 24.0. The predicted molar refractivity (Wildman–Crippen MR) is 94.4 cm³/mol. The van der Waals surface area contributed by atoms with Crippen molar-refractivity contribution in [3.63, 3.8) is 0 Å². The van der Waals surface area contributed by atoms with Gasteiger partial charge in [0.2, 0.25) is 5.91 Å². The van der Waals surface area contributed by atoms with Gasteiger partial charge in [-0.2, -0.15) is 0 Å². The van der Waals surface area contributed by atoms with E-state index in [1.807, 2.05) is 0 Å². The fraction of sp³-hybridized carbons (Fsp3) is 0.579. The molecule has 0 unspecified atom stereocenters. The molecule has 0 radical (unpaired) electrons. The summed E-state index contributed by atoms with van der Waals surface area (Å²) in [6.45, 7) is 13.2. The van der Waals surface area contributed by atoms with Gasteiger partial charge in [-0.15, -0.1) is 0 Å². The van der Waals surface area contributed by atoms with Crippen LogP contribution in [0.2, 0.25) is 0 Å². The van der Waals surface area contributed by atoms with Gasteiger partial charge in [-0.05, 0) is 42.0 Å². The van der Waals surface area contributed by atoms with Gasteiger partial charge in [0.05, 0.1) is 0 Å². The van der Waals surface area contributed by atoms with Crippen LogP contribution in [0.5, 0.6) is 0 Å². The zero-order chi connectivity index (χ0) is 17.6. The molecule has 1 aliphatic heterocycles. The molecular weight excluding hydrogens is 288 g/mol. The number of rotatable bonds is 5. The Morgan fingerprint density at radius 1 is 1.13 bits per heavy atom. The maximum absolute atomic E-state index is 11.5. The summed E-state index contributed by atoms with van der Waals surface area (Å²) in [5.74, 6) is 0.386. The highest BCUT2D eigenvalue weighted by molar-refractivity contribution is 5.98. The van der Waals surface area contributed by atoms with Crippen molar-refractivity contribution in [3.05, 3.63) is 35.4 Å². The first-order valence-electron chi connectivity index (χ1n) is 8.35. The molecule has 4 nitrogen and oxygen atoms in total. The van der Waals surface area contributed by atoms with Gasteiger partial charge in [-0.3, -0.25) is 9.59 Å². The topological polar surface area (TPSA) is 63.2 Å². The second-order valence-corrected chi connectivity index (χ2v) is 7.35. The molecule has 1 saturated heterocycles. The van der Waals surface area contributed by atoms with Gasteiger partial charge in [0.15, 0.2) is 0 Å². The second-order valence-electron chi connectivity index (χ2n) is 7.35. The van der Waals surface area contributed by atoms with Crippen LogP contribution in [0, 0.1) is 11.3 Å². The smallest absolute Gasteiger partial charge is 0.253 e. The van der Waals surface area contributed by atoms with Crippen molar-refractivity contribution in [2.45, 2.75) is 47.5 Å². The van der Waals surface area contributed by atoms with Crippen molar-refractivity contribution in [3.8, 4) is 0 Å². The molecule has 0 aromatic heterocycles. The van der Waals surface area contributed by atoms with Gasteiger partial charge >= 0.3 is 0 Å². The lowest BCUT2D eigenvalue weighted by atomic mass is 9.82. The van der Waals surface area contributed by atoms with Gasteiger partial charge in [0, 0.05) is 24.2 Å². The van der Waals surface area contributed by atoms with Gasteiger partial charge in [-0.1, -0.05) is 41.0 Å². The van der Waals surface area contributed by atoms with Crippen LogP contribution < -0.4 is 5.73 Å². The second kappa shape index (κ2) is 8.14. The molecular formula is C19H30N2O2. The fourth-order valence-electron chi connectivity index (χ4n) is 2.46. The van der Waals surface area contributed by atoms with E-state index in [4.69, 9.17) is 5.73 Å². The Bertz CT molecular complexity index is 529. The molecule has 0 spiro atoms. The van der Waals surface area contributed by atoms with Crippen LogP contribution in [0.25, 0.3) is 0 Å². The van der Waals surface area contributed by atoms with E-state index in [1.54, 1.807) is 29.2 Å². The van der Waals surface area contributed by atoms with Gasteiger partial charge in [0.1, 0.15) is 0 Å². The maximum Gasteiger partial charge on any atom is 0.253 e. The van der Waals surface area contributed by atoms with Crippen LogP contribution in [0.15, 0.2) is 24.3 Å². The minimum atomic E-state index is -0.476. The number of benzene rings is 1. The normalized spacial score (nSPS) is 13.4. The summed E-state index contributed by atoms with van der Waals surface area (Å²) < 4.78 is 0. The minimum Gasteiger partial charge on any atom is -0.366 e. The molecule has 1 fully saturated rings. The number of hydrogen-bond donors (Lipinski definition) is 1. The number of nitrogens with two attached hydrogens (primary N) is 1. The van der Waals surface area contributed by atoms with Crippen LogP contribution in [-0.2, 0) is 0 Å². The largest absolute Gasteiger partial charge is 0.366 e. The highest BCUT2D eigenvalue weighted by atomic mass is 16.2. The molecule has 0 saturated carbocycles. The first-order valence-corrected chi connectivity index (χ1v) is 8.35. The lowest BCUT2D eigenvalue weighted by Crippen LogP contribution is -2.13. The Morgan fingerprint density at radius 3 is 1.91 bits per heavy atom. The molecule has 1 aromatic carbocycles. The summed E-state index contributed by atoms with van der Waals surface area (Å²) in [6, 6.07) is 6.39. The Morgan fingerprint density at radius 2 is 1.61 bits per heavy atom. The summed E-state index contributed by atoms with van der Waals surface area (Å²) in [6.07, 6.45) is 2.65. The summed E-state index contributed by atoms with van der Waals surface area (Å²) in [5.41, 5.74) is 6.67. The van der Waals surface area contributed by atoms with Gasteiger partial charge in [-0.25, -0.2) is 0 Å². The molecule has 128 valence electrons. The highest BCUT2D eigenvalue weighted by Crippen LogP contribution is 2.28. The quantitative estimate of drug-likeness (QED) is 0.841. The van der Waals surface area contributed by atoms with Crippen LogP contribution in [0.4, 0.5) is 0 Å². The molecule has 1 aromatic rings. The third-order valence-corrected chi connectivity index (χ3v) is 4.07. The number of hydrogen-bond acceptors (Lipinski definition) is 2. The maximum atomic E-state index is 11.5. The van der Waals surface area contributed by atoms with Crippen LogP contribution in [-0.4, -0.2) is 29.8 Å². The third-order valence-electron chi connectivity index (χ3n) is 4.07. The molecule has 1 aliphatic rings. The average Bonchev–Trinajstić information content (AvgIpc) is 3.30. The van der Waals surface area contributed by atoms with E-state index < -0.39 is 5.91 Å². The van der Waals surface area contributed by atoms with E-state index in [0.717, 1.165) is 19.0 Å². The summed E-state index contributed by atoms with van der Waals surface area (Å²) in [7, 11) is 0. The number of carbonyl (C=O) groups is 2. The van der Waals surface area contributed by atoms with Crippen molar-refractivity contribution >= 4 is 11.8 Å². The van der Waals surface area contributed by atoms with Gasteiger partial charge < -0.3 is 10.6 Å². The number of primary amides is 1. The monoisotopic (exact) mass is 318 g/mol.